The maximum absolute atomic E-state index is 6.16. The fraction of sp³-hybridized carbons (Fsp3) is 0.0667. The van der Waals surface area contributed by atoms with Gasteiger partial charge < -0.3 is 5.73 Å². The summed E-state index contributed by atoms with van der Waals surface area (Å²) >= 11 is 9.39. The van der Waals surface area contributed by atoms with Crippen molar-refractivity contribution in [3.8, 4) is 10.7 Å². The summed E-state index contributed by atoms with van der Waals surface area (Å²) in [4.78, 5) is 9.89. The number of hydrogen-bond donors (Lipinski definition) is 1. The van der Waals surface area contributed by atoms with E-state index in [1.807, 2.05) is 30.3 Å². The molecule has 0 saturated heterocycles. The summed E-state index contributed by atoms with van der Waals surface area (Å²) in [5.74, 6) is 0.756. The predicted octanol–water partition coefficient (Wildman–Crippen LogP) is 4.73. The van der Waals surface area contributed by atoms with E-state index in [9.17, 15) is 0 Å². The van der Waals surface area contributed by atoms with Gasteiger partial charge in [-0.15, -0.1) is 23.1 Å². The van der Waals surface area contributed by atoms with E-state index in [1.54, 1.807) is 35.4 Å². The quantitative estimate of drug-likeness (QED) is 0.553. The van der Waals surface area contributed by atoms with Crippen molar-refractivity contribution in [1.82, 2.24) is 9.97 Å². The van der Waals surface area contributed by atoms with E-state index in [0.29, 0.717) is 5.69 Å². The van der Waals surface area contributed by atoms with Gasteiger partial charge in [0.05, 0.1) is 16.4 Å². The van der Waals surface area contributed by atoms with Gasteiger partial charge in [-0.3, -0.25) is 4.98 Å². The highest BCUT2D eigenvalue weighted by Gasteiger charge is 2.07. The molecule has 2 aromatic heterocycles. The second-order valence-electron chi connectivity index (χ2n) is 4.34. The van der Waals surface area contributed by atoms with Crippen LogP contribution in [0.4, 0.5) is 5.69 Å². The lowest BCUT2D eigenvalue weighted by Crippen LogP contribution is -1.87. The Bertz CT molecular complexity index is 744. The van der Waals surface area contributed by atoms with Crippen molar-refractivity contribution in [1.29, 1.82) is 0 Å². The third-order valence-electron chi connectivity index (χ3n) is 2.77. The molecule has 0 amide bonds. The van der Waals surface area contributed by atoms with Gasteiger partial charge in [0.2, 0.25) is 0 Å². The zero-order chi connectivity index (χ0) is 14.7. The number of thioether (sulfide) groups is 1. The highest BCUT2D eigenvalue weighted by molar-refractivity contribution is 7.98. The zero-order valence-corrected chi connectivity index (χ0v) is 13.4. The van der Waals surface area contributed by atoms with Crippen LogP contribution in [0.5, 0.6) is 0 Å². The summed E-state index contributed by atoms with van der Waals surface area (Å²) in [6, 6.07) is 11.3. The van der Waals surface area contributed by atoms with Crippen molar-refractivity contribution in [2.75, 3.05) is 5.73 Å². The highest BCUT2D eigenvalue weighted by atomic mass is 35.5. The molecule has 3 aromatic rings. The molecule has 2 heterocycles. The average Bonchev–Trinajstić information content (AvgIpc) is 2.98. The molecule has 0 fully saturated rings. The molecule has 0 atom stereocenters. The van der Waals surface area contributed by atoms with Crippen LogP contribution in [0, 0.1) is 0 Å². The molecule has 0 spiro atoms. The van der Waals surface area contributed by atoms with Crippen LogP contribution in [0.1, 0.15) is 5.69 Å². The number of halogens is 1. The minimum Gasteiger partial charge on any atom is -0.399 e. The number of nitrogens with zero attached hydrogens (tertiary/aromatic N) is 2. The minimum absolute atomic E-state index is 0.717. The van der Waals surface area contributed by atoms with Gasteiger partial charge in [0.1, 0.15) is 5.01 Å². The smallest absolute Gasteiger partial charge is 0.142 e. The first-order valence-electron chi connectivity index (χ1n) is 6.26. The van der Waals surface area contributed by atoms with E-state index in [4.69, 9.17) is 17.3 Å². The Balaban J connectivity index is 1.72. The summed E-state index contributed by atoms with van der Waals surface area (Å²) in [7, 11) is 0. The molecule has 0 saturated carbocycles. The van der Waals surface area contributed by atoms with E-state index >= 15 is 0 Å². The second-order valence-corrected chi connectivity index (χ2v) is 6.62. The monoisotopic (exact) mass is 333 g/mol. The first kappa shape index (κ1) is 14.4. The number of benzene rings is 1. The Labute approximate surface area is 136 Å². The molecule has 0 unspecified atom stereocenters. The lowest BCUT2D eigenvalue weighted by Gasteiger charge is -2.03. The molecule has 3 rings (SSSR count). The molecule has 2 N–H and O–H groups in total. The first-order valence-corrected chi connectivity index (χ1v) is 8.50. The number of anilines is 1. The van der Waals surface area contributed by atoms with E-state index < -0.39 is 0 Å². The molecule has 0 aliphatic rings. The van der Waals surface area contributed by atoms with Crippen LogP contribution in [-0.2, 0) is 5.75 Å². The molecule has 0 radical (unpaired) electrons. The molecule has 0 aliphatic carbocycles. The number of thiazole rings is 1. The van der Waals surface area contributed by atoms with Gasteiger partial charge in [-0.2, -0.15) is 0 Å². The molecule has 6 heteroatoms. The van der Waals surface area contributed by atoms with Crippen LogP contribution in [0.15, 0.2) is 52.9 Å². The second kappa shape index (κ2) is 6.47. The summed E-state index contributed by atoms with van der Waals surface area (Å²) in [6.45, 7) is 0. The Morgan fingerprint density at radius 1 is 1.24 bits per heavy atom. The maximum Gasteiger partial charge on any atom is 0.142 e. The van der Waals surface area contributed by atoms with Crippen molar-refractivity contribution >= 4 is 40.4 Å². The van der Waals surface area contributed by atoms with Crippen molar-refractivity contribution < 1.29 is 0 Å². The fourth-order valence-electron chi connectivity index (χ4n) is 1.76. The third kappa shape index (κ3) is 3.56. The van der Waals surface area contributed by atoms with E-state index in [1.165, 1.54) is 0 Å². The Morgan fingerprint density at radius 3 is 2.95 bits per heavy atom. The third-order valence-corrected chi connectivity index (χ3v) is 5.21. The number of nitrogens with two attached hydrogens (primary N) is 1. The molecule has 21 heavy (non-hydrogen) atoms. The van der Waals surface area contributed by atoms with Crippen LogP contribution in [0.3, 0.4) is 0 Å². The van der Waals surface area contributed by atoms with Crippen LogP contribution < -0.4 is 5.73 Å². The van der Waals surface area contributed by atoms with Gasteiger partial charge in [-0.1, -0.05) is 17.7 Å². The average molecular weight is 334 g/mol. The van der Waals surface area contributed by atoms with Crippen molar-refractivity contribution in [3.05, 3.63) is 58.7 Å². The number of rotatable bonds is 4. The minimum atomic E-state index is 0.717. The molecule has 3 nitrogen and oxygen atoms in total. The molecule has 106 valence electrons. The van der Waals surface area contributed by atoms with Crippen molar-refractivity contribution in [2.45, 2.75) is 10.6 Å². The summed E-state index contributed by atoms with van der Waals surface area (Å²) in [5.41, 5.74) is 8.42. The van der Waals surface area contributed by atoms with Crippen LogP contribution in [0.2, 0.25) is 5.02 Å². The van der Waals surface area contributed by atoms with Gasteiger partial charge in [0.25, 0.3) is 0 Å². The van der Waals surface area contributed by atoms with Crippen molar-refractivity contribution in [2.24, 2.45) is 0 Å². The van der Waals surface area contributed by atoms with E-state index in [0.717, 1.165) is 32.1 Å². The van der Waals surface area contributed by atoms with Gasteiger partial charge in [-0.05, 0) is 30.3 Å². The van der Waals surface area contributed by atoms with E-state index in [2.05, 4.69) is 15.3 Å². The predicted molar refractivity (Wildman–Crippen MR) is 90.8 cm³/mol. The van der Waals surface area contributed by atoms with Gasteiger partial charge in [0, 0.05) is 27.9 Å². The number of nitrogen functional groups attached to an aromatic ring is 1. The van der Waals surface area contributed by atoms with E-state index in [-0.39, 0.29) is 0 Å². The molecule has 0 aliphatic heterocycles. The highest BCUT2D eigenvalue weighted by Crippen LogP contribution is 2.32. The normalized spacial score (nSPS) is 10.7. The SMILES string of the molecule is Nc1ccc(Cl)c(SCc2csc(-c3ccccn3)n2)c1. The van der Waals surface area contributed by atoms with Crippen LogP contribution in [0.25, 0.3) is 10.7 Å². The summed E-state index contributed by atoms with van der Waals surface area (Å²) in [6.07, 6.45) is 1.78. The zero-order valence-electron chi connectivity index (χ0n) is 11.0. The molecular formula is C15H12ClN3S2. The standard InChI is InChI=1S/C15H12ClN3S2/c16-12-5-4-10(17)7-14(12)20-8-11-9-21-15(19-11)13-3-1-2-6-18-13/h1-7,9H,8,17H2. The number of pyridine rings is 1. The van der Waals surface area contributed by atoms with Crippen LogP contribution >= 0.6 is 34.7 Å². The Morgan fingerprint density at radius 2 is 2.14 bits per heavy atom. The van der Waals surface area contributed by atoms with Gasteiger partial charge in [0.15, 0.2) is 0 Å². The van der Waals surface area contributed by atoms with Crippen molar-refractivity contribution in [3.63, 3.8) is 0 Å². The lowest BCUT2D eigenvalue weighted by molar-refractivity contribution is 1.21. The largest absolute Gasteiger partial charge is 0.399 e. The van der Waals surface area contributed by atoms with Gasteiger partial charge >= 0.3 is 0 Å². The first-order chi connectivity index (χ1) is 10.2. The topological polar surface area (TPSA) is 51.8 Å². The maximum atomic E-state index is 6.16. The lowest BCUT2D eigenvalue weighted by atomic mass is 10.3. The Hall–Kier alpha value is -1.56. The number of aromatic nitrogens is 2. The molecule has 1 aromatic carbocycles. The Kier molecular flexibility index (Phi) is 4.43. The van der Waals surface area contributed by atoms with Gasteiger partial charge in [-0.25, -0.2) is 4.98 Å². The number of hydrogen-bond acceptors (Lipinski definition) is 5. The molecule has 0 bridgehead atoms. The fourth-order valence-corrected chi connectivity index (χ4v) is 3.82. The summed E-state index contributed by atoms with van der Waals surface area (Å²) in [5, 5.41) is 3.70. The van der Waals surface area contributed by atoms with Crippen LogP contribution in [-0.4, -0.2) is 9.97 Å². The summed E-state index contributed by atoms with van der Waals surface area (Å²) < 4.78 is 0. The molecular weight excluding hydrogens is 322 g/mol.